The molecule has 1 aromatic heterocycles. The van der Waals surface area contributed by atoms with Gasteiger partial charge in [0, 0.05) is 6.20 Å². The number of rotatable bonds is 5. The Bertz CT molecular complexity index is 980. The molecule has 0 radical (unpaired) electrons. The number of halogens is 3. The molecule has 0 spiro atoms. The topological polar surface area (TPSA) is 48.7 Å². The van der Waals surface area contributed by atoms with E-state index in [4.69, 9.17) is 0 Å². The van der Waals surface area contributed by atoms with E-state index in [2.05, 4.69) is 29.9 Å². The van der Waals surface area contributed by atoms with Crippen LogP contribution in [0.1, 0.15) is 79.4 Å². The van der Waals surface area contributed by atoms with Crippen LogP contribution in [0, 0.1) is 23.7 Å². The van der Waals surface area contributed by atoms with Crippen molar-refractivity contribution < 1.29 is 13.2 Å². The number of nitriles is 1. The van der Waals surface area contributed by atoms with Gasteiger partial charge in [-0.2, -0.15) is 18.4 Å². The summed E-state index contributed by atoms with van der Waals surface area (Å²) in [5.74, 6) is 0. The quantitative estimate of drug-likeness (QED) is 0.526. The second-order valence-electron chi connectivity index (χ2n) is 8.69. The molecular formula is C25H28F3N3. The molecule has 0 amide bonds. The lowest BCUT2D eigenvalue weighted by atomic mass is 9.72. The van der Waals surface area contributed by atoms with E-state index in [-0.39, 0.29) is 22.7 Å². The molecule has 1 aromatic carbocycles. The van der Waals surface area contributed by atoms with Crippen LogP contribution >= 0.6 is 0 Å². The predicted octanol–water partition coefficient (Wildman–Crippen LogP) is 6.94. The third kappa shape index (κ3) is 5.10. The van der Waals surface area contributed by atoms with Crippen LogP contribution in [0.2, 0.25) is 0 Å². The molecule has 1 N–H and O–H groups in total. The van der Waals surface area contributed by atoms with E-state index >= 15 is 0 Å². The maximum Gasteiger partial charge on any atom is 0.416 e. The first kappa shape index (κ1) is 22.9. The Morgan fingerprint density at radius 3 is 2.48 bits per heavy atom. The molecule has 0 saturated heterocycles. The molecule has 164 valence electrons. The first-order chi connectivity index (χ1) is 14.7. The van der Waals surface area contributed by atoms with E-state index in [1.54, 1.807) is 6.07 Å². The summed E-state index contributed by atoms with van der Waals surface area (Å²) < 4.78 is 40.2. The normalized spacial score (nSPS) is 17.3. The van der Waals surface area contributed by atoms with Crippen LogP contribution in [-0.4, -0.2) is 4.98 Å². The fourth-order valence-corrected chi connectivity index (χ4v) is 4.66. The molecular weight excluding hydrogens is 399 g/mol. The lowest BCUT2D eigenvalue weighted by Crippen LogP contribution is -2.35. The lowest BCUT2D eigenvalue weighted by Gasteiger charge is -2.39. The molecule has 1 aliphatic rings. The second-order valence-corrected chi connectivity index (χ2v) is 8.69. The molecule has 0 unspecified atom stereocenters. The van der Waals surface area contributed by atoms with Gasteiger partial charge in [0.1, 0.15) is 0 Å². The van der Waals surface area contributed by atoms with Crippen molar-refractivity contribution in [2.24, 2.45) is 5.41 Å². The van der Waals surface area contributed by atoms with Gasteiger partial charge in [-0.05, 0) is 54.5 Å². The summed E-state index contributed by atoms with van der Waals surface area (Å²) in [7, 11) is 0. The molecule has 3 rings (SSSR count). The van der Waals surface area contributed by atoms with Crippen molar-refractivity contribution in [2.45, 2.75) is 64.6 Å². The molecule has 0 bridgehead atoms. The maximum absolute atomic E-state index is 13.4. The van der Waals surface area contributed by atoms with Crippen molar-refractivity contribution in [1.82, 2.24) is 10.3 Å². The number of hydrogen-bond acceptors (Lipinski definition) is 3. The van der Waals surface area contributed by atoms with Gasteiger partial charge in [0.25, 0.3) is 0 Å². The van der Waals surface area contributed by atoms with Crippen molar-refractivity contribution in [2.75, 3.05) is 0 Å². The van der Waals surface area contributed by atoms with Gasteiger partial charge in [-0.3, -0.25) is 4.98 Å². The minimum Gasteiger partial charge on any atom is -0.376 e. The fraction of sp³-hybridized carbons (Fsp3) is 0.440. The zero-order chi connectivity index (χ0) is 22.6. The Morgan fingerprint density at radius 2 is 1.87 bits per heavy atom. The van der Waals surface area contributed by atoms with Gasteiger partial charge in [0.2, 0.25) is 0 Å². The average Bonchev–Trinajstić information content (AvgIpc) is 2.96. The summed E-state index contributed by atoms with van der Waals surface area (Å²) >= 11 is 0. The standard InChI is InChI=1S/C25H28F3N3/c1-17-21(25(26,27)28)11-14-30-22(17)18(2)31-23(20-10-8-9-19(15-20)16-29)24(3)12-6-4-5-7-13-24/h8-11,14-15,23,31H,2,4-7,12-13H2,1,3H3/t23-/m0/s1. The SMILES string of the molecule is C=C(N[C@@H](c1cccc(C#N)c1)C1(C)CCCCCC1)c1nccc(C(F)(F)F)c1C. The number of aromatic nitrogens is 1. The minimum absolute atomic E-state index is 0.0584. The van der Waals surface area contributed by atoms with Crippen LogP contribution in [-0.2, 0) is 6.18 Å². The van der Waals surface area contributed by atoms with Crippen LogP contribution in [0.15, 0.2) is 43.1 Å². The highest BCUT2D eigenvalue weighted by Gasteiger charge is 2.37. The van der Waals surface area contributed by atoms with Crippen molar-refractivity contribution in [3.8, 4) is 6.07 Å². The Morgan fingerprint density at radius 1 is 1.19 bits per heavy atom. The van der Waals surface area contributed by atoms with E-state index in [1.165, 1.54) is 26.0 Å². The maximum atomic E-state index is 13.4. The summed E-state index contributed by atoms with van der Waals surface area (Å²) in [5.41, 5.74) is 1.31. The first-order valence-corrected chi connectivity index (χ1v) is 10.6. The summed E-state index contributed by atoms with van der Waals surface area (Å²) in [6.45, 7) is 7.70. The number of nitrogens with zero attached hydrogens (tertiary/aromatic N) is 2. The highest BCUT2D eigenvalue weighted by molar-refractivity contribution is 5.63. The highest BCUT2D eigenvalue weighted by Crippen LogP contribution is 2.46. The lowest BCUT2D eigenvalue weighted by molar-refractivity contribution is -0.138. The predicted molar refractivity (Wildman–Crippen MR) is 116 cm³/mol. The Kier molecular flexibility index (Phi) is 6.74. The zero-order valence-corrected chi connectivity index (χ0v) is 18.0. The molecule has 1 fully saturated rings. The number of nitrogens with one attached hydrogen (secondary N) is 1. The van der Waals surface area contributed by atoms with Crippen LogP contribution in [0.3, 0.4) is 0 Å². The minimum atomic E-state index is -4.45. The summed E-state index contributed by atoms with van der Waals surface area (Å²) in [6, 6.07) is 10.4. The second kappa shape index (κ2) is 9.13. The first-order valence-electron chi connectivity index (χ1n) is 10.6. The Balaban J connectivity index is 2.01. The van der Waals surface area contributed by atoms with Gasteiger partial charge in [-0.1, -0.05) is 51.3 Å². The van der Waals surface area contributed by atoms with E-state index in [9.17, 15) is 18.4 Å². The Labute approximate surface area is 182 Å². The number of alkyl halides is 3. The summed E-state index contributed by atoms with van der Waals surface area (Å²) in [4.78, 5) is 4.20. The summed E-state index contributed by atoms with van der Waals surface area (Å²) in [5, 5.41) is 12.8. The van der Waals surface area contributed by atoms with Gasteiger partial charge >= 0.3 is 6.18 Å². The molecule has 6 heteroatoms. The fourth-order valence-electron chi connectivity index (χ4n) is 4.66. The van der Waals surface area contributed by atoms with Crippen molar-refractivity contribution in [1.29, 1.82) is 5.26 Å². The average molecular weight is 428 g/mol. The van der Waals surface area contributed by atoms with Gasteiger partial charge in [-0.25, -0.2) is 0 Å². The number of pyridine rings is 1. The van der Waals surface area contributed by atoms with E-state index in [0.29, 0.717) is 11.3 Å². The van der Waals surface area contributed by atoms with Crippen molar-refractivity contribution >= 4 is 5.70 Å². The third-order valence-corrected chi connectivity index (χ3v) is 6.41. The van der Waals surface area contributed by atoms with Crippen LogP contribution in [0.5, 0.6) is 0 Å². The van der Waals surface area contributed by atoms with Gasteiger partial charge < -0.3 is 5.32 Å². The highest BCUT2D eigenvalue weighted by atomic mass is 19.4. The zero-order valence-electron chi connectivity index (χ0n) is 18.0. The van der Waals surface area contributed by atoms with Gasteiger partial charge in [-0.15, -0.1) is 0 Å². The molecule has 3 nitrogen and oxygen atoms in total. The van der Waals surface area contributed by atoms with Crippen LogP contribution in [0.25, 0.3) is 5.70 Å². The molecule has 0 aliphatic heterocycles. The van der Waals surface area contributed by atoms with Gasteiger partial charge in [0.15, 0.2) is 0 Å². The van der Waals surface area contributed by atoms with Gasteiger partial charge in [0.05, 0.1) is 34.6 Å². The number of benzene rings is 1. The third-order valence-electron chi connectivity index (χ3n) is 6.41. The van der Waals surface area contributed by atoms with E-state index in [0.717, 1.165) is 37.3 Å². The number of hydrogen-bond donors (Lipinski definition) is 1. The molecule has 1 atom stereocenters. The monoisotopic (exact) mass is 427 g/mol. The van der Waals surface area contributed by atoms with Crippen molar-refractivity contribution in [3.05, 3.63) is 71.1 Å². The Hall–Kier alpha value is -2.81. The smallest absolute Gasteiger partial charge is 0.376 e. The largest absolute Gasteiger partial charge is 0.416 e. The van der Waals surface area contributed by atoms with E-state index < -0.39 is 11.7 Å². The molecule has 1 aliphatic carbocycles. The summed E-state index contributed by atoms with van der Waals surface area (Å²) in [6.07, 6.45) is 3.26. The molecule has 31 heavy (non-hydrogen) atoms. The molecule has 1 heterocycles. The van der Waals surface area contributed by atoms with Crippen molar-refractivity contribution in [3.63, 3.8) is 0 Å². The molecule has 1 saturated carbocycles. The molecule has 2 aromatic rings. The van der Waals surface area contributed by atoms with Crippen LogP contribution < -0.4 is 5.32 Å². The van der Waals surface area contributed by atoms with E-state index in [1.807, 2.05) is 18.2 Å². The van der Waals surface area contributed by atoms with Crippen LogP contribution in [0.4, 0.5) is 13.2 Å².